The Labute approximate surface area is 355 Å². The molecule has 0 heterocycles. The molecule has 12 heteroatoms. The zero-order chi connectivity index (χ0) is 40.3. The van der Waals surface area contributed by atoms with Crippen LogP contribution in [0.5, 0.6) is 11.5 Å². The maximum absolute atomic E-state index is 9.75. The Balaban J connectivity index is 0.000000456. The number of allylic oxidation sites excluding steroid dienone is 4. The van der Waals surface area contributed by atoms with Crippen LogP contribution in [0.4, 0.5) is 28.6 Å². The van der Waals surface area contributed by atoms with Crippen LogP contribution in [0.2, 0.25) is 0 Å². The third-order valence-corrected chi connectivity index (χ3v) is 12.8. The van der Waals surface area contributed by atoms with Gasteiger partial charge in [-0.2, -0.15) is 0 Å². The summed E-state index contributed by atoms with van der Waals surface area (Å²) in [5, 5.41) is 12.8. The molecular formula is C46H46BF4N2O2P2Rh-. The third-order valence-electron chi connectivity index (χ3n) is 8.60. The van der Waals surface area contributed by atoms with Crippen molar-refractivity contribution in [3.63, 3.8) is 0 Å². The minimum Gasteiger partial charge on any atom is -0.496 e. The Morgan fingerprint density at radius 1 is 0.414 bits per heavy atom. The molecule has 1 aliphatic rings. The van der Waals surface area contributed by atoms with E-state index >= 15 is 0 Å². The number of hydrogen-bond acceptors (Lipinski definition) is 4. The summed E-state index contributed by atoms with van der Waals surface area (Å²) in [5.74, 6) is 1.53. The monoisotopic (exact) mass is 910 g/mol. The van der Waals surface area contributed by atoms with Crippen molar-refractivity contribution < 1.29 is 46.2 Å². The molecule has 0 fully saturated rings. The smallest absolute Gasteiger partial charge is 0.496 e. The molecule has 58 heavy (non-hydrogen) atoms. The van der Waals surface area contributed by atoms with E-state index in [1.807, 2.05) is 24.3 Å². The molecule has 0 saturated heterocycles. The molecule has 2 N–H and O–H groups in total. The number of methoxy groups -OCH3 is 2. The predicted octanol–water partition coefficient (Wildman–Crippen LogP) is 12.3. The number of anilines is 2. The standard InChI is InChI=1S/C38H34N2O2P2.C8H12.BF4.Rh/c1-41-35-27-15-25-33(39-43(29-17-7-3-8-18-29)30-19-9-4-10-20-30)37(35)38-34(26-16-28-36(38)42-2)40-44(31-21-11-5-12-22-31)32-23-13-6-14-24-32;1-2-4-6-8-7-5-3-1;2-1(3,4)5;/h3-28,39-40H,1-2H3;1-2,7-8H,3-6H2;;/q;;-1;/b;2-1-,8-7-;;. The van der Waals surface area contributed by atoms with Crippen molar-refractivity contribution >= 4 is 56.0 Å². The molecule has 6 aromatic carbocycles. The first kappa shape index (κ1) is 46.0. The topological polar surface area (TPSA) is 42.5 Å². The summed E-state index contributed by atoms with van der Waals surface area (Å²) in [6.45, 7) is 0. The van der Waals surface area contributed by atoms with Gasteiger partial charge in [0.05, 0.1) is 41.5 Å². The third kappa shape index (κ3) is 14.3. The van der Waals surface area contributed by atoms with Gasteiger partial charge in [-0.05, 0) is 49.9 Å². The van der Waals surface area contributed by atoms with E-state index in [2.05, 4.69) is 168 Å². The van der Waals surface area contributed by atoms with Gasteiger partial charge in [-0.15, -0.1) is 0 Å². The molecule has 7 rings (SSSR count). The summed E-state index contributed by atoms with van der Waals surface area (Å²) < 4.78 is 51.1. The van der Waals surface area contributed by atoms with Crippen molar-refractivity contribution in [2.45, 2.75) is 25.7 Å². The molecule has 6 aromatic rings. The van der Waals surface area contributed by atoms with Crippen molar-refractivity contribution in [3.8, 4) is 22.6 Å². The first-order chi connectivity index (χ1) is 27.8. The van der Waals surface area contributed by atoms with Gasteiger partial charge in [0.25, 0.3) is 0 Å². The van der Waals surface area contributed by atoms with Gasteiger partial charge in [-0.25, -0.2) is 0 Å². The number of rotatable bonds is 11. The number of nitrogens with one attached hydrogen (secondary N) is 2. The first-order valence-electron chi connectivity index (χ1n) is 18.6. The second-order valence-electron chi connectivity index (χ2n) is 12.6. The van der Waals surface area contributed by atoms with Gasteiger partial charge in [-0.3, -0.25) is 0 Å². The fourth-order valence-electron chi connectivity index (χ4n) is 6.07. The Kier molecular flexibility index (Phi) is 19.2. The van der Waals surface area contributed by atoms with Crippen molar-refractivity contribution in [1.29, 1.82) is 0 Å². The van der Waals surface area contributed by atoms with Crippen LogP contribution in [0.3, 0.4) is 0 Å². The molecule has 303 valence electrons. The van der Waals surface area contributed by atoms with Crippen LogP contribution in [0.15, 0.2) is 182 Å². The van der Waals surface area contributed by atoms with Gasteiger partial charge < -0.3 is 36.9 Å². The molecule has 0 spiro atoms. The average molecular weight is 911 g/mol. The number of halogens is 4. The Morgan fingerprint density at radius 2 is 0.672 bits per heavy atom. The maximum Gasteiger partial charge on any atom is 0.673 e. The van der Waals surface area contributed by atoms with Crippen LogP contribution in [0, 0.1) is 0 Å². The molecule has 0 saturated carbocycles. The zero-order valence-electron chi connectivity index (χ0n) is 32.3. The van der Waals surface area contributed by atoms with Gasteiger partial charge in [0, 0.05) is 52.1 Å². The fraction of sp³-hybridized carbons (Fsp3) is 0.130. The molecule has 0 atom stereocenters. The molecular weight excluding hydrogens is 864 g/mol. The van der Waals surface area contributed by atoms with Crippen LogP contribution in [-0.2, 0) is 19.5 Å². The number of ether oxygens (including phenoxy) is 2. The summed E-state index contributed by atoms with van der Waals surface area (Å²) in [4.78, 5) is 0. The Morgan fingerprint density at radius 3 is 0.914 bits per heavy atom. The van der Waals surface area contributed by atoms with Gasteiger partial charge >= 0.3 is 7.25 Å². The summed E-state index contributed by atoms with van der Waals surface area (Å²) in [6, 6.07) is 54.9. The normalized spacial score (nSPS) is 13.2. The van der Waals surface area contributed by atoms with E-state index in [1.165, 1.54) is 46.9 Å². The second-order valence-corrected chi connectivity index (χ2v) is 16.4. The van der Waals surface area contributed by atoms with E-state index in [9.17, 15) is 17.3 Å². The largest absolute Gasteiger partial charge is 0.673 e. The molecule has 0 aromatic heterocycles. The fourth-order valence-corrected chi connectivity index (χ4v) is 9.91. The van der Waals surface area contributed by atoms with Crippen molar-refractivity contribution in [3.05, 3.63) is 182 Å². The predicted molar refractivity (Wildman–Crippen MR) is 237 cm³/mol. The Bertz CT molecular complexity index is 1910. The van der Waals surface area contributed by atoms with Crippen LogP contribution in [0.25, 0.3) is 11.1 Å². The van der Waals surface area contributed by atoms with Crippen LogP contribution in [0.1, 0.15) is 25.7 Å². The van der Waals surface area contributed by atoms with Gasteiger partial charge in [0.2, 0.25) is 0 Å². The van der Waals surface area contributed by atoms with E-state index < -0.39 is 23.4 Å². The van der Waals surface area contributed by atoms with E-state index in [0.29, 0.717) is 0 Å². The average Bonchev–Trinajstić information content (AvgIpc) is 3.22. The van der Waals surface area contributed by atoms with Crippen molar-refractivity contribution in [1.82, 2.24) is 0 Å². The van der Waals surface area contributed by atoms with Crippen LogP contribution in [-0.4, -0.2) is 21.5 Å². The summed E-state index contributed by atoms with van der Waals surface area (Å²) in [7, 11) is -4.40. The number of benzene rings is 6. The molecule has 0 amide bonds. The SMILES string of the molecule is C1=C\CC/C=C\CC/1.COc1cccc(NP(c2ccccc2)c2ccccc2)c1-c1c(NP(c2ccccc2)c2ccccc2)cccc1OC.F[B-](F)(F)F.[Rh]. The van der Waals surface area contributed by atoms with Crippen molar-refractivity contribution in [2.24, 2.45) is 0 Å². The molecule has 1 aliphatic carbocycles. The molecule has 0 aliphatic heterocycles. The second kappa shape index (κ2) is 24.3. The van der Waals surface area contributed by atoms with Crippen LogP contribution >= 0.6 is 16.1 Å². The van der Waals surface area contributed by atoms with Crippen LogP contribution < -0.4 is 40.9 Å². The van der Waals surface area contributed by atoms with Gasteiger partial charge in [0.15, 0.2) is 0 Å². The van der Waals surface area contributed by atoms with E-state index in [0.717, 1.165) is 34.0 Å². The summed E-state index contributed by atoms with van der Waals surface area (Å²) >= 11 is 0. The van der Waals surface area contributed by atoms with Gasteiger partial charge in [0.1, 0.15) is 11.5 Å². The minimum absolute atomic E-state index is 0. The quantitative estimate of drug-likeness (QED) is 0.0588. The zero-order valence-corrected chi connectivity index (χ0v) is 35.7. The van der Waals surface area contributed by atoms with E-state index in [-0.39, 0.29) is 19.5 Å². The van der Waals surface area contributed by atoms with Gasteiger partial charge in [-0.1, -0.05) is 158 Å². The molecule has 0 unspecified atom stereocenters. The summed E-state index contributed by atoms with van der Waals surface area (Å²) in [5.41, 5.74) is 3.84. The molecule has 4 nitrogen and oxygen atoms in total. The molecule has 0 bridgehead atoms. The Hall–Kier alpha value is -4.73. The van der Waals surface area contributed by atoms with E-state index in [4.69, 9.17) is 9.47 Å². The maximum atomic E-state index is 9.75. The van der Waals surface area contributed by atoms with E-state index in [1.54, 1.807) is 14.2 Å². The minimum atomic E-state index is -6.00. The number of hydrogen-bond donors (Lipinski definition) is 2. The molecule has 1 radical (unpaired) electrons. The first-order valence-corrected chi connectivity index (χ1v) is 21.3. The summed E-state index contributed by atoms with van der Waals surface area (Å²) in [6.07, 6.45) is 14.0. The van der Waals surface area contributed by atoms with Crippen molar-refractivity contribution in [2.75, 3.05) is 24.4 Å².